The summed E-state index contributed by atoms with van der Waals surface area (Å²) in [6.45, 7) is 0.882. The molecule has 0 radical (unpaired) electrons. The first-order valence-corrected chi connectivity index (χ1v) is 7.60. The summed E-state index contributed by atoms with van der Waals surface area (Å²) in [5, 5.41) is 9.07. The Morgan fingerprint density at radius 2 is 2.00 bits per heavy atom. The molecule has 7 heteroatoms. The van der Waals surface area contributed by atoms with E-state index in [9.17, 15) is 4.79 Å². The molecule has 2 rings (SSSR count). The molecule has 1 aromatic rings. The van der Waals surface area contributed by atoms with E-state index in [4.69, 9.17) is 4.74 Å². The van der Waals surface area contributed by atoms with Crippen LogP contribution in [0.15, 0.2) is 29.3 Å². The average molecular weight is 432 g/mol. The van der Waals surface area contributed by atoms with Crippen molar-refractivity contribution in [1.82, 2.24) is 16.0 Å². The maximum atomic E-state index is 11.5. The Kier molecular flexibility index (Phi) is 8.75. The number of hydrogen-bond acceptors (Lipinski definition) is 3. The minimum absolute atomic E-state index is 0. The number of halogens is 1. The summed E-state index contributed by atoms with van der Waals surface area (Å²) in [6, 6.07) is 8.19. The van der Waals surface area contributed by atoms with E-state index in [0.717, 1.165) is 31.8 Å². The van der Waals surface area contributed by atoms with E-state index in [1.165, 1.54) is 5.56 Å². The molecule has 0 spiro atoms. The van der Waals surface area contributed by atoms with Crippen LogP contribution in [0.5, 0.6) is 5.75 Å². The standard InChI is InChI=1S/C16H24N4O2.HI/c1-17-16(18-2)19-10-9-12-3-7-14(8-4-12)22-11-15(21)20-13-5-6-13;/h3-4,7-8,13H,5-6,9-11H2,1-2H3,(H,20,21)(H2,17,18,19);1H. The van der Waals surface area contributed by atoms with Crippen LogP contribution in [0.3, 0.4) is 0 Å². The van der Waals surface area contributed by atoms with Gasteiger partial charge in [-0.1, -0.05) is 12.1 Å². The molecule has 0 unspecified atom stereocenters. The van der Waals surface area contributed by atoms with Gasteiger partial charge in [-0.05, 0) is 37.0 Å². The first-order chi connectivity index (χ1) is 10.7. The van der Waals surface area contributed by atoms with Crippen molar-refractivity contribution in [3.05, 3.63) is 29.8 Å². The molecule has 1 aromatic carbocycles. The Morgan fingerprint density at radius 1 is 1.30 bits per heavy atom. The first-order valence-electron chi connectivity index (χ1n) is 7.60. The van der Waals surface area contributed by atoms with Gasteiger partial charge in [-0.15, -0.1) is 24.0 Å². The summed E-state index contributed by atoms with van der Waals surface area (Å²) in [7, 11) is 3.57. The second-order valence-electron chi connectivity index (χ2n) is 5.27. The molecule has 23 heavy (non-hydrogen) atoms. The number of nitrogens with zero attached hydrogens (tertiary/aromatic N) is 1. The fourth-order valence-corrected chi connectivity index (χ4v) is 2.00. The van der Waals surface area contributed by atoms with Gasteiger partial charge in [0, 0.05) is 26.7 Å². The van der Waals surface area contributed by atoms with Crippen LogP contribution in [0, 0.1) is 0 Å². The molecule has 0 bridgehead atoms. The number of hydrogen-bond donors (Lipinski definition) is 3. The van der Waals surface area contributed by atoms with Crippen molar-refractivity contribution in [2.24, 2.45) is 4.99 Å². The number of amides is 1. The quantitative estimate of drug-likeness (QED) is 0.345. The predicted molar refractivity (Wildman–Crippen MR) is 103 cm³/mol. The van der Waals surface area contributed by atoms with Crippen LogP contribution in [0.1, 0.15) is 18.4 Å². The van der Waals surface area contributed by atoms with E-state index in [0.29, 0.717) is 11.8 Å². The summed E-state index contributed by atoms with van der Waals surface area (Å²) >= 11 is 0. The zero-order valence-corrected chi connectivity index (χ0v) is 15.9. The molecule has 0 heterocycles. The molecule has 128 valence electrons. The van der Waals surface area contributed by atoms with E-state index in [1.54, 1.807) is 7.05 Å². The molecular formula is C16H25IN4O2. The number of rotatable bonds is 7. The highest BCUT2D eigenvalue weighted by Gasteiger charge is 2.23. The molecule has 1 aliphatic rings. The monoisotopic (exact) mass is 432 g/mol. The average Bonchev–Trinajstić information content (AvgIpc) is 3.35. The number of guanidine groups is 1. The third-order valence-electron chi connectivity index (χ3n) is 3.40. The van der Waals surface area contributed by atoms with Crippen molar-refractivity contribution in [1.29, 1.82) is 0 Å². The van der Waals surface area contributed by atoms with Crippen molar-refractivity contribution in [3.63, 3.8) is 0 Å². The van der Waals surface area contributed by atoms with Crippen LogP contribution in [-0.2, 0) is 11.2 Å². The van der Waals surface area contributed by atoms with E-state index in [1.807, 2.05) is 31.3 Å². The number of ether oxygens (including phenoxy) is 1. The van der Waals surface area contributed by atoms with Gasteiger partial charge in [0.25, 0.3) is 5.91 Å². The Labute approximate surface area is 154 Å². The SMILES string of the molecule is CN=C(NC)NCCc1ccc(OCC(=O)NC2CC2)cc1.I. The Hall–Kier alpha value is -1.51. The zero-order chi connectivity index (χ0) is 15.8. The van der Waals surface area contributed by atoms with Gasteiger partial charge >= 0.3 is 0 Å². The molecule has 0 aliphatic heterocycles. The number of carbonyl (C=O) groups is 1. The van der Waals surface area contributed by atoms with Gasteiger partial charge in [-0.2, -0.15) is 0 Å². The van der Waals surface area contributed by atoms with E-state index < -0.39 is 0 Å². The van der Waals surface area contributed by atoms with Crippen LogP contribution in [0.2, 0.25) is 0 Å². The highest BCUT2D eigenvalue weighted by atomic mass is 127. The predicted octanol–water partition coefficient (Wildman–Crippen LogP) is 1.30. The lowest BCUT2D eigenvalue weighted by molar-refractivity contribution is -0.123. The molecular weight excluding hydrogens is 407 g/mol. The van der Waals surface area contributed by atoms with Gasteiger partial charge in [0.2, 0.25) is 0 Å². The lowest BCUT2D eigenvalue weighted by Crippen LogP contribution is -2.35. The summed E-state index contributed by atoms with van der Waals surface area (Å²) in [5.41, 5.74) is 1.20. The third-order valence-corrected chi connectivity index (χ3v) is 3.40. The van der Waals surface area contributed by atoms with Crippen molar-refractivity contribution < 1.29 is 9.53 Å². The molecule has 1 fully saturated rings. The minimum atomic E-state index is -0.0470. The van der Waals surface area contributed by atoms with Gasteiger partial charge in [0.1, 0.15) is 5.75 Å². The molecule has 0 saturated heterocycles. The first kappa shape index (κ1) is 19.5. The van der Waals surface area contributed by atoms with E-state index in [-0.39, 0.29) is 36.5 Å². The topological polar surface area (TPSA) is 74.8 Å². The molecule has 6 nitrogen and oxygen atoms in total. The van der Waals surface area contributed by atoms with Crippen molar-refractivity contribution >= 4 is 35.8 Å². The summed E-state index contributed by atoms with van der Waals surface area (Å²) in [5.74, 6) is 1.45. The third kappa shape index (κ3) is 7.54. The maximum Gasteiger partial charge on any atom is 0.258 e. The molecule has 1 amide bonds. The van der Waals surface area contributed by atoms with Gasteiger partial charge in [0.15, 0.2) is 12.6 Å². The molecule has 1 saturated carbocycles. The highest BCUT2D eigenvalue weighted by molar-refractivity contribution is 14.0. The number of nitrogens with one attached hydrogen (secondary N) is 3. The second-order valence-corrected chi connectivity index (χ2v) is 5.27. The largest absolute Gasteiger partial charge is 0.484 e. The van der Waals surface area contributed by atoms with E-state index >= 15 is 0 Å². The number of aliphatic imine (C=N–C) groups is 1. The number of carbonyl (C=O) groups excluding carboxylic acids is 1. The summed E-state index contributed by atoms with van der Waals surface area (Å²) in [6.07, 6.45) is 3.07. The Bertz CT molecular complexity index is 515. The van der Waals surface area contributed by atoms with Crippen LogP contribution in [-0.4, -0.2) is 45.2 Å². The number of benzene rings is 1. The minimum Gasteiger partial charge on any atom is -0.484 e. The lowest BCUT2D eigenvalue weighted by atomic mass is 10.1. The fraction of sp³-hybridized carbons (Fsp3) is 0.500. The van der Waals surface area contributed by atoms with Gasteiger partial charge in [-0.3, -0.25) is 9.79 Å². The Morgan fingerprint density at radius 3 is 2.57 bits per heavy atom. The van der Waals surface area contributed by atoms with Crippen molar-refractivity contribution in [3.8, 4) is 5.75 Å². The Balaban J connectivity index is 0.00000264. The second kappa shape index (κ2) is 10.3. The maximum absolute atomic E-state index is 11.5. The van der Waals surface area contributed by atoms with E-state index in [2.05, 4.69) is 20.9 Å². The van der Waals surface area contributed by atoms with Crippen LogP contribution in [0.25, 0.3) is 0 Å². The van der Waals surface area contributed by atoms with Gasteiger partial charge < -0.3 is 20.7 Å². The van der Waals surface area contributed by atoms with Crippen LogP contribution < -0.4 is 20.7 Å². The highest BCUT2D eigenvalue weighted by Crippen LogP contribution is 2.18. The van der Waals surface area contributed by atoms with Crippen molar-refractivity contribution in [2.45, 2.75) is 25.3 Å². The zero-order valence-electron chi connectivity index (χ0n) is 13.6. The molecule has 0 aromatic heterocycles. The van der Waals surface area contributed by atoms with Gasteiger partial charge in [-0.25, -0.2) is 0 Å². The molecule has 0 atom stereocenters. The summed E-state index contributed by atoms with van der Waals surface area (Å²) < 4.78 is 5.47. The van der Waals surface area contributed by atoms with Crippen molar-refractivity contribution in [2.75, 3.05) is 27.2 Å². The lowest BCUT2D eigenvalue weighted by Gasteiger charge is -2.09. The summed E-state index contributed by atoms with van der Waals surface area (Å²) in [4.78, 5) is 15.6. The molecule has 3 N–H and O–H groups in total. The van der Waals surface area contributed by atoms with Crippen LogP contribution >= 0.6 is 24.0 Å². The van der Waals surface area contributed by atoms with Gasteiger partial charge in [0.05, 0.1) is 0 Å². The normalized spacial score (nSPS) is 13.7. The fourth-order valence-electron chi connectivity index (χ4n) is 2.00. The smallest absolute Gasteiger partial charge is 0.258 e. The van der Waals surface area contributed by atoms with Crippen LogP contribution in [0.4, 0.5) is 0 Å². The molecule has 1 aliphatic carbocycles.